The molecule has 0 unspecified atom stereocenters. The number of para-hydroxylation sites is 1. The van der Waals surface area contributed by atoms with Gasteiger partial charge in [0.25, 0.3) is 0 Å². The highest BCUT2D eigenvalue weighted by molar-refractivity contribution is 6.00. The first-order valence-corrected chi connectivity index (χ1v) is 20.9. The van der Waals surface area contributed by atoms with E-state index >= 15 is 0 Å². The number of anilines is 3. The van der Waals surface area contributed by atoms with Crippen LogP contribution in [0.2, 0.25) is 0 Å². The maximum absolute atomic E-state index is 2.64. The molecule has 0 aliphatic heterocycles. The van der Waals surface area contributed by atoms with Gasteiger partial charge in [-0.05, 0) is 152 Å². The summed E-state index contributed by atoms with van der Waals surface area (Å²) in [6.07, 6.45) is 7.21. The topological polar surface area (TPSA) is 3.24 Å². The molecule has 0 fully saturated rings. The van der Waals surface area contributed by atoms with E-state index in [1.54, 1.807) is 0 Å². The molecule has 7 aromatic carbocycles. The van der Waals surface area contributed by atoms with Crippen LogP contribution in [0, 0.1) is 0 Å². The smallest absolute Gasteiger partial charge is 0.0726 e. The van der Waals surface area contributed by atoms with Crippen LogP contribution >= 0.6 is 0 Å². The summed E-state index contributed by atoms with van der Waals surface area (Å²) in [5.74, 6) is 0. The number of aryl methyl sites for hydroxylation is 2. The lowest BCUT2D eigenvalue weighted by Gasteiger charge is -2.45. The van der Waals surface area contributed by atoms with Crippen LogP contribution < -0.4 is 4.90 Å². The molecule has 1 heteroatoms. The van der Waals surface area contributed by atoms with Crippen LogP contribution in [0.25, 0.3) is 33.4 Å². The summed E-state index contributed by atoms with van der Waals surface area (Å²) in [5.41, 5.74) is 22.9. The van der Waals surface area contributed by atoms with Gasteiger partial charge >= 0.3 is 0 Å². The summed E-state index contributed by atoms with van der Waals surface area (Å²) in [6.45, 7) is 9.83. The molecule has 0 bridgehead atoms. The minimum Gasteiger partial charge on any atom is -0.310 e. The third-order valence-corrected chi connectivity index (χ3v) is 14.1. The zero-order valence-corrected chi connectivity index (χ0v) is 33.1. The first-order valence-electron chi connectivity index (χ1n) is 20.9. The standard InChI is InChI=1S/C55H49N/c1-53(2)31-32-54(3,4)52-48(53)27-16-28-50(52)56(39-19-6-5-7-20-39)51-35-49-44(34-43(51)38-30-29-36-17-8-9-18-37(36)33-38)42-23-12-15-26-47(42)55(49)45-24-13-10-21-40(45)41-22-11-14-25-46(41)55/h5-7,10-16,19-30,33-35H,8-9,17-18,31-32H2,1-4H3. The van der Waals surface area contributed by atoms with Crippen molar-refractivity contribution in [3.05, 3.63) is 196 Å². The number of benzene rings is 7. The van der Waals surface area contributed by atoms with Gasteiger partial charge in [-0.1, -0.05) is 149 Å². The lowest BCUT2D eigenvalue weighted by Crippen LogP contribution is -2.35. The van der Waals surface area contributed by atoms with Crippen LogP contribution in [-0.4, -0.2) is 0 Å². The van der Waals surface area contributed by atoms with E-state index in [2.05, 4.69) is 184 Å². The molecular weight excluding hydrogens is 675 g/mol. The van der Waals surface area contributed by atoms with Gasteiger partial charge in [-0.3, -0.25) is 0 Å². The SMILES string of the molecule is CC1(C)CCC(C)(C)c2c(N(c3ccccc3)c3cc4c(cc3-c3ccc5c(c3)CCCC5)-c3ccccc3C43c4ccccc4-c4ccccc43)cccc21. The van der Waals surface area contributed by atoms with Crippen molar-refractivity contribution in [1.29, 1.82) is 0 Å². The van der Waals surface area contributed by atoms with E-state index in [-0.39, 0.29) is 10.8 Å². The largest absolute Gasteiger partial charge is 0.310 e. The van der Waals surface area contributed by atoms with Crippen LogP contribution in [0.5, 0.6) is 0 Å². The van der Waals surface area contributed by atoms with Crippen molar-refractivity contribution >= 4 is 17.1 Å². The summed E-state index contributed by atoms with van der Waals surface area (Å²) in [6, 6.07) is 58.5. The maximum Gasteiger partial charge on any atom is 0.0726 e. The molecule has 4 aliphatic carbocycles. The van der Waals surface area contributed by atoms with E-state index in [0.717, 1.165) is 12.8 Å². The minimum atomic E-state index is -0.429. The van der Waals surface area contributed by atoms with E-state index in [1.165, 1.54) is 121 Å². The molecule has 0 amide bonds. The van der Waals surface area contributed by atoms with Crippen molar-refractivity contribution in [2.75, 3.05) is 4.90 Å². The van der Waals surface area contributed by atoms with Crippen LogP contribution in [0.1, 0.15) is 97.9 Å². The Morgan fingerprint density at radius 3 is 1.66 bits per heavy atom. The third kappa shape index (κ3) is 4.67. The average Bonchev–Trinajstić information content (AvgIpc) is 3.69. The van der Waals surface area contributed by atoms with Crippen LogP contribution in [0.15, 0.2) is 152 Å². The fourth-order valence-electron chi connectivity index (χ4n) is 11.3. The van der Waals surface area contributed by atoms with Gasteiger partial charge in [-0.2, -0.15) is 0 Å². The second kappa shape index (κ2) is 12.2. The quantitative estimate of drug-likeness (QED) is 0.175. The zero-order chi connectivity index (χ0) is 37.8. The zero-order valence-electron chi connectivity index (χ0n) is 33.1. The number of hydrogen-bond acceptors (Lipinski definition) is 1. The molecule has 0 saturated heterocycles. The van der Waals surface area contributed by atoms with Gasteiger partial charge in [0.15, 0.2) is 0 Å². The summed E-state index contributed by atoms with van der Waals surface area (Å²) in [4.78, 5) is 2.64. The molecule has 4 aliphatic rings. The number of hydrogen-bond donors (Lipinski definition) is 0. The molecule has 0 N–H and O–H groups in total. The Bertz CT molecular complexity index is 2660. The summed E-state index contributed by atoms with van der Waals surface area (Å²) >= 11 is 0. The second-order valence-corrected chi connectivity index (χ2v) is 18.1. The molecule has 0 saturated carbocycles. The molecule has 274 valence electrons. The van der Waals surface area contributed by atoms with E-state index in [0.29, 0.717) is 0 Å². The molecule has 7 aromatic rings. The minimum absolute atomic E-state index is 0.0119. The normalized spacial score (nSPS) is 17.3. The van der Waals surface area contributed by atoms with Crippen molar-refractivity contribution in [2.24, 2.45) is 0 Å². The van der Waals surface area contributed by atoms with Crippen molar-refractivity contribution in [2.45, 2.75) is 82.5 Å². The Balaban J connectivity index is 1.29. The Morgan fingerprint density at radius 1 is 0.411 bits per heavy atom. The molecule has 0 radical (unpaired) electrons. The van der Waals surface area contributed by atoms with Gasteiger partial charge < -0.3 is 4.90 Å². The summed E-state index contributed by atoms with van der Waals surface area (Å²) in [7, 11) is 0. The molecule has 1 spiro atoms. The third-order valence-electron chi connectivity index (χ3n) is 14.1. The highest BCUT2D eigenvalue weighted by Gasteiger charge is 2.52. The van der Waals surface area contributed by atoms with Crippen LogP contribution in [-0.2, 0) is 29.1 Å². The first-order chi connectivity index (χ1) is 27.3. The van der Waals surface area contributed by atoms with Crippen molar-refractivity contribution < 1.29 is 0 Å². The van der Waals surface area contributed by atoms with Crippen molar-refractivity contribution in [3.8, 4) is 33.4 Å². The highest BCUT2D eigenvalue weighted by atomic mass is 15.1. The van der Waals surface area contributed by atoms with Gasteiger partial charge in [-0.15, -0.1) is 0 Å². The van der Waals surface area contributed by atoms with Gasteiger partial charge in [0, 0.05) is 11.3 Å². The van der Waals surface area contributed by atoms with Gasteiger partial charge in [0.1, 0.15) is 0 Å². The van der Waals surface area contributed by atoms with E-state index in [1.807, 2.05) is 0 Å². The Labute approximate surface area is 332 Å². The highest BCUT2D eigenvalue weighted by Crippen LogP contribution is 2.64. The lowest BCUT2D eigenvalue weighted by atomic mass is 9.62. The second-order valence-electron chi connectivity index (χ2n) is 18.1. The predicted octanol–water partition coefficient (Wildman–Crippen LogP) is 14.4. The molecule has 0 atom stereocenters. The van der Waals surface area contributed by atoms with Crippen LogP contribution in [0.4, 0.5) is 17.1 Å². The summed E-state index contributed by atoms with van der Waals surface area (Å²) in [5, 5.41) is 0. The van der Waals surface area contributed by atoms with Crippen molar-refractivity contribution in [3.63, 3.8) is 0 Å². The molecule has 0 aromatic heterocycles. The molecule has 0 heterocycles. The van der Waals surface area contributed by atoms with E-state index < -0.39 is 5.41 Å². The van der Waals surface area contributed by atoms with Crippen molar-refractivity contribution in [1.82, 2.24) is 0 Å². The predicted molar refractivity (Wildman–Crippen MR) is 235 cm³/mol. The molecule has 56 heavy (non-hydrogen) atoms. The van der Waals surface area contributed by atoms with Gasteiger partial charge in [0.05, 0.1) is 16.8 Å². The molecule has 1 nitrogen and oxygen atoms in total. The lowest BCUT2D eigenvalue weighted by molar-refractivity contribution is 0.332. The van der Waals surface area contributed by atoms with E-state index in [9.17, 15) is 0 Å². The fraction of sp³-hybridized carbons (Fsp3) is 0.236. The Morgan fingerprint density at radius 2 is 0.982 bits per heavy atom. The summed E-state index contributed by atoms with van der Waals surface area (Å²) < 4.78 is 0. The van der Waals surface area contributed by atoms with Gasteiger partial charge in [-0.25, -0.2) is 0 Å². The maximum atomic E-state index is 2.64. The average molecular weight is 724 g/mol. The number of rotatable bonds is 4. The molecule has 11 rings (SSSR count). The first kappa shape index (κ1) is 33.7. The number of fused-ring (bicyclic) bond motifs is 12. The van der Waals surface area contributed by atoms with Gasteiger partial charge in [0.2, 0.25) is 0 Å². The number of nitrogens with zero attached hydrogens (tertiary/aromatic N) is 1. The Kier molecular flexibility index (Phi) is 7.31. The molecular formula is C55H49N. The monoisotopic (exact) mass is 723 g/mol. The Hall–Kier alpha value is -5.66. The van der Waals surface area contributed by atoms with E-state index in [4.69, 9.17) is 0 Å². The fourth-order valence-corrected chi connectivity index (χ4v) is 11.3. The van der Waals surface area contributed by atoms with Crippen LogP contribution in [0.3, 0.4) is 0 Å².